The Morgan fingerprint density at radius 2 is 0.216 bits per heavy atom. The first-order chi connectivity index (χ1) is 73.3. The molecule has 0 radical (unpaired) electrons. The summed E-state index contributed by atoms with van der Waals surface area (Å²) in [5.74, 6) is 0. The Morgan fingerprint density at radius 1 is 0.0743 bits per heavy atom. The highest BCUT2D eigenvalue weighted by Crippen LogP contribution is 2.46. The van der Waals surface area contributed by atoms with Crippen molar-refractivity contribution < 1.29 is 0 Å². The Morgan fingerprint density at radius 3 is 0.439 bits per heavy atom. The molecule has 0 saturated carbocycles. The van der Waals surface area contributed by atoms with E-state index >= 15 is 0 Å². The van der Waals surface area contributed by atoms with Gasteiger partial charge < -0.3 is 18.3 Å². The Labute approximate surface area is 860 Å². The van der Waals surface area contributed by atoms with Crippen LogP contribution in [0.4, 0.5) is 0 Å². The van der Waals surface area contributed by atoms with Crippen molar-refractivity contribution in [2.24, 2.45) is 0 Å². The number of para-hydroxylation sites is 6. The van der Waals surface area contributed by atoms with E-state index in [1.54, 1.807) is 0 Å². The van der Waals surface area contributed by atoms with Gasteiger partial charge in [0, 0.05) is 65.8 Å². The monoisotopic (exact) mass is 1880 g/mol. The number of hydrogen-bond acceptors (Lipinski definition) is 0. The second-order valence-corrected chi connectivity index (χ2v) is 38.6. The van der Waals surface area contributed by atoms with Gasteiger partial charge in [0.25, 0.3) is 0 Å². The molecule has 28 aromatic rings. The van der Waals surface area contributed by atoms with Crippen LogP contribution in [-0.2, 0) is 0 Å². The smallest absolute Gasteiger partial charge is 0.0541 e. The third kappa shape index (κ3) is 16.4. The van der Waals surface area contributed by atoms with Gasteiger partial charge in [-0.15, -0.1) is 0 Å². The van der Waals surface area contributed by atoms with Crippen LogP contribution in [-0.4, -0.2) is 18.3 Å². The van der Waals surface area contributed by atoms with Crippen molar-refractivity contribution in [3.8, 4) is 179 Å². The summed E-state index contributed by atoms with van der Waals surface area (Å²) in [6.45, 7) is 0. The molecular weight excluding hydrogens is 1790 g/mol. The third-order valence-corrected chi connectivity index (χ3v) is 29.8. The zero-order valence-electron chi connectivity index (χ0n) is 81.2. The summed E-state index contributed by atoms with van der Waals surface area (Å²) in [7, 11) is 0. The summed E-state index contributed by atoms with van der Waals surface area (Å²) in [6, 6.07) is 213. The van der Waals surface area contributed by atoms with Crippen LogP contribution in [0.15, 0.2) is 582 Å². The SMILES string of the molecule is c1ccc(-c2cc(-c3ccccc3)cc(-n3c4ccccc4c4cc(-c5ccc(-c6ccc(-c7ccc(-c8ccc(-c9ccc%10c(c9)c9ccccc9n%10-c9ccccc9)cc8)cc7)cc6)cc5)ccc43)c2)cc1.c1ccc(-c2cc(-c3ccccc3)cc(-n3c4ccccc4c4cc(-c5cccc(-c6cccc(-c7cccc(-c8cccc(-c9ccc%10c(c9)c9ccccc9n%10-c9ccccc9)c8)c7)c6)c5)ccc43)c2)cc1. The highest BCUT2D eigenvalue weighted by Gasteiger charge is 2.23. The van der Waals surface area contributed by atoms with Crippen LogP contribution in [0.25, 0.3) is 266 Å². The average molecular weight is 1880 g/mol. The van der Waals surface area contributed by atoms with Crippen molar-refractivity contribution in [1.82, 2.24) is 18.3 Å². The van der Waals surface area contributed by atoms with Gasteiger partial charge in [0.15, 0.2) is 0 Å². The van der Waals surface area contributed by atoms with Crippen molar-refractivity contribution in [3.63, 3.8) is 0 Å². The van der Waals surface area contributed by atoms with E-state index in [0.717, 1.165) is 11.4 Å². The predicted octanol–water partition coefficient (Wildman–Crippen LogP) is 39.1. The van der Waals surface area contributed by atoms with Crippen molar-refractivity contribution in [2.75, 3.05) is 0 Å². The lowest BCUT2D eigenvalue weighted by atomic mass is 9.93. The molecule has 0 bridgehead atoms. The molecule has 4 heterocycles. The fraction of sp³-hybridized carbons (Fsp3) is 0. The van der Waals surface area contributed by atoms with Crippen LogP contribution in [0.1, 0.15) is 0 Å². The molecule has 0 atom stereocenters. The summed E-state index contributed by atoms with van der Waals surface area (Å²) >= 11 is 0. The first kappa shape index (κ1) is 87.5. The lowest BCUT2D eigenvalue weighted by Crippen LogP contribution is -1.96. The van der Waals surface area contributed by atoms with Gasteiger partial charge in [-0.2, -0.15) is 0 Å². The molecule has 0 saturated heterocycles. The number of benzene rings is 24. The van der Waals surface area contributed by atoms with Crippen LogP contribution < -0.4 is 0 Å². The number of hydrogen-bond donors (Lipinski definition) is 0. The largest absolute Gasteiger partial charge is 0.309 e. The second-order valence-electron chi connectivity index (χ2n) is 38.6. The third-order valence-electron chi connectivity index (χ3n) is 29.8. The summed E-state index contributed by atoms with van der Waals surface area (Å²) in [6.07, 6.45) is 0. The standard InChI is InChI=1S/2C72H48N2/c1-4-18-49(19-5-1)61-44-62(50-20-6-2-7-21-50)46-64(45-61)74-70-35-13-11-33-66(70)68-48-60(37-39-72(68)74)58-29-17-27-56(43-58)54-25-15-23-52(41-54)51-22-14-24-53(40-51)55-26-16-28-57(42-55)59-36-38-71-67(47-59)65-32-10-12-34-69(65)73(71)63-30-8-3-9-31-63;1-4-14-49(15-5-1)61-44-62(50-16-6-2-7-17-50)46-64(45-61)74-70-23-13-11-21-66(70)68-48-60(41-43-72(68)74)58-38-34-56(35-39-58)54-30-26-52(27-31-54)51-24-28-53(29-25-51)55-32-36-57(37-33-55)59-40-42-71-67(47-59)65-20-10-12-22-69(65)73(71)63-18-8-3-9-19-63/h2*1-48H. The van der Waals surface area contributed by atoms with Crippen molar-refractivity contribution in [3.05, 3.63) is 582 Å². The molecular formula is C144H96N4. The number of fused-ring (bicyclic) bond motifs is 12. The molecule has 692 valence electrons. The first-order valence-electron chi connectivity index (χ1n) is 50.9. The minimum Gasteiger partial charge on any atom is -0.309 e. The summed E-state index contributed by atoms with van der Waals surface area (Å²) in [4.78, 5) is 0. The molecule has 0 aliphatic carbocycles. The number of nitrogens with zero attached hydrogens (tertiary/aromatic N) is 4. The summed E-state index contributed by atoms with van der Waals surface area (Å²) < 4.78 is 9.61. The Kier molecular flexibility index (Phi) is 22.3. The summed E-state index contributed by atoms with van der Waals surface area (Å²) in [5, 5.41) is 9.99. The Hall–Kier alpha value is -19.5. The predicted molar refractivity (Wildman–Crippen MR) is 626 cm³/mol. The molecule has 0 spiro atoms. The van der Waals surface area contributed by atoms with Gasteiger partial charge in [-0.05, 0) is 314 Å². The number of rotatable bonds is 18. The Balaban J connectivity index is 0.000000146. The molecule has 24 aromatic carbocycles. The molecule has 0 fully saturated rings. The van der Waals surface area contributed by atoms with Crippen LogP contribution in [0.2, 0.25) is 0 Å². The Bertz CT molecular complexity index is 9770. The summed E-state index contributed by atoms with van der Waals surface area (Å²) in [5.41, 5.74) is 47.8. The van der Waals surface area contributed by atoms with Gasteiger partial charge in [0.2, 0.25) is 0 Å². The van der Waals surface area contributed by atoms with E-state index in [-0.39, 0.29) is 0 Å². The van der Waals surface area contributed by atoms with Gasteiger partial charge in [0.1, 0.15) is 0 Å². The lowest BCUT2D eigenvalue weighted by Gasteiger charge is -2.14. The van der Waals surface area contributed by atoms with E-state index < -0.39 is 0 Å². The molecule has 0 amide bonds. The maximum absolute atomic E-state index is 2.44. The van der Waals surface area contributed by atoms with Gasteiger partial charge in [0.05, 0.1) is 44.1 Å². The lowest BCUT2D eigenvalue weighted by molar-refractivity contribution is 1.18. The van der Waals surface area contributed by atoms with E-state index in [1.165, 1.54) is 254 Å². The zero-order chi connectivity index (χ0) is 97.9. The molecule has 4 aromatic heterocycles. The van der Waals surface area contributed by atoms with E-state index in [2.05, 4.69) is 601 Å². The topological polar surface area (TPSA) is 19.7 Å². The van der Waals surface area contributed by atoms with Gasteiger partial charge >= 0.3 is 0 Å². The normalized spacial score (nSPS) is 11.5. The second kappa shape index (κ2) is 37.7. The molecule has 28 rings (SSSR count). The van der Waals surface area contributed by atoms with Crippen LogP contribution in [0, 0.1) is 0 Å². The first-order valence-corrected chi connectivity index (χ1v) is 50.9. The average Bonchev–Trinajstić information content (AvgIpc) is 1.64. The maximum atomic E-state index is 2.44. The zero-order valence-corrected chi connectivity index (χ0v) is 81.2. The van der Waals surface area contributed by atoms with Gasteiger partial charge in [-0.25, -0.2) is 0 Å². The highest BCUT2D eigenvalue weighted by atomic mass is 15.0. The highest BCUT2D eigenvalue weighted by molar-refractivity contribution is 6.15. The minimum absolute atomic E-state index is 1.14. The number of aromatic nitrogens is 4. The maximum Gasteiger partial charge on any atom is 0.0541 e. The van der Waals surface area contributed by atoms with E-state index in [0.29, 0.717) is 0 Å². The molecule has 0 aliphatic rings. The van der Waals surface area contributed by atoms with Crippen LogP contribution >= 0.6 is 0 Å². The van der Waals surface area contributed by atoms with E-state index in [4.69, 9.17) is 0 Å². The van der Waals surface area contributed by atoms with E-state index in [1.807, 2.05) is 0 Å². The molecule has 4 heteroatoms. The van der Waals surface area contributed by atoms with Crippen molar-refractivity contribution in [1.29, 1.82) is 0 Å². The minimum atomic E-state index is 1.14. The molecule has 0 N–H and O–H groups in total. The molecule has 0 aliphatic heterocycles. The van der Waals surface area contributed by atoms with Crippen LogP contribution in [0.5, 0.6) is 0 Å². The van der Waals surface area contributed by atoms with Crippen molar-refractivity contribution >= 4 is 87.2 Å². The molecule has 0 unspecified atom stereocenters. The van der Waals surface area contributed by atoms with Crippen LogP contribution in [0.3, 0.4) is 0 Å². The van der Waals surface area contributed by atoms with Crippen molar-refractivity contribution in [2.45, 2.75) is 0 Å². The molecule has 4 nitrogen and oxygen atoms in total. The van der Waals surface area contributed by atoms with Gasteiger partial charge in [-0.3, -0.25) is 0 Å². The fourth-order valence-electron chi connectivity index (χ4n) is 22.5. The quantitative estimate of drug-likeness (QED) is 0.0816. The van der Waals surface area contributed by atoms with E-state index in [9.17, 15) is 0 Å². The fourth-order valence-corrected chi connectivity index (χ4v) is 22.5. The van der Waals surface area contributed by atoms with Gasteiger partial charge in [-0.1, -0.05) is 425 Å². The molecule has 148 heavy (non-hydrogen) atoms.